The first-order valence-electron chi connectivity index (χ1n) is 10.1. The first kappa shape index (κ1) is 22.6. The number of halogens is 4. The molecule has 1 aromatic heterocycles. The molecule has 1 saturated carbocycles. The van der Waals surface area contributed by atoms with Gasteiger partial charge in [0.1, 0.15) is 17.7 Å². The largest absolute Gasteiger partial charge is 0.480 e. The summed E-state index contributed by atoms with van der Waals surface area (Å²) in [5, 5.41) is 12.7. The van der Waals surface area contributed by atoms with Crippen LogP contribution in [-0.4, -0.2) is 47.1 Å². The third kappa shape index (κ3) is 3.84. The van der Waals surface area contributed by atoms with Crippen molar-refractivity contribution in [1.29, 1.82) is 0 Å². The Morgan fingerprint density at radius 1 is 1.22 bits per heavy atom. The maximum absolute atomic E-state index is 13.5. The van der Waals surface area contributed by atoms with E-state index in [0.717, 1.165) is 19.3 Å². The highest BCUT2D eigenvalue weighted by Crippen LogP contribution is 2.41. The monoisotopic (exact) mass is 475 g/mol. The number of carboxylic acid groups (broad SMARTS) is 1. The van der Waals surface area contributed by atoms with Crippen LogP contribution >= 0.6 is 0 Å². The number of rotatable bonds is 5. The van der Waals surface area contributed by atoms with Crippen LogP contribution in [0.25, 0.3) is 0 Å². The van der Waals surface area contributed by atoms with Crippen molar-refractivity contribution in [3.63, 3.8) is 0 Å². The van der Waals surface area contributed by atoms with Gasteiger partial charge < -0.3 is 10.0 Å². The molecule has 2 aliphatic rings. The van der Waals surface area contributed by atoms with Gasteiger partial charge in [0.15, 0.2) is 9.84 Å². The van der Waals surface area contributed by atoms with Gasteiger partial charge >= 0.3 is 12.1 Å². The van der Waals surface area contributed by atoms with Crippen molar-refractivity contribution in [2.75, 3.05) is 11.4 Å². The van der Waals surface area contributed by atoms with E-state index < -0.39 is 56.0 Å². The Morgan fingerprint density at radius 3 is 2.47 bits per heavy atom. The average Bonchev–Trinajstić information content (AvgIpc) is 3.23. The fourth-order valence-corrected chi connectivity index (χ4v) is 6.17. The molecule has 0 bridgehead atoms. The first-order chi connectivity index (χ1) is 14.9. The lowest BCUT2D eigenvalue weighted by Crippen LogP contribution is -2.38. The molecule has 2 unspecified atom stereocenters. The molecular weight excluding hydrogens is 454 g/mol. The van der Waals surface area contributed by atoms with Gasteiger partial charge in [0.2, 0.25) is 0 Å². The molecule has 2 fully saturated rings. The predicted molar refractivity (Wildman–Crippen MR) is 106 cm³/mol. The zero-order valence-electron chi connectivity index (χ0n) is 17.0. The molecule has 2 heterocycles. The summed E-state index contributed by atoms with van der Waals surface area (Å²) in [6.07, 6.45) is -2.79. The second kappa shape index (κ2) is 7.75. The molecule has 32 heavy (non-hydrogen) atoms. The lowest BCUT2D eigenvalue weighted by Gasteiger charge is -2.31. The van der Waals surface area contributed by atoms with Crippen molar-refractivity contribution in [2.24, 2.45) is 0 Å². The van der Waals surface area contributed by atoms with E-state index in [0.29, 0.717) is 23.6 Å². The van der Waals surface area contributed by atoms with Gasteiger partial charge in [-0.25, -0.2) is 22.3 Å². The van der Waals surface area contributed by atoms with Crippen LogP contribution in [0.1, 0.15) is 43.0 Å². The van der Waals surface area contributed by atoms with E-state index in [2.05, 4.69) is 5.10 Å². The SMILES string of the molecule is Cc1cc(N2CC(S(=O)(=O)c3ccc(F)cc3C(F)(F)F)CC2C(=O)O)n(C2CCC2)n1. The number of nitrogens with zero attached hydrogens (tertiary/aromatic N) is 3. The number of alkyl halides is 3. The summed E-state index contributed by atoms with van der Waals surface area (Å²) in [7, 11) is -4.62. The number of hydrogen-bond acceptors (Lipinski definition) is 5. The maximum Gasteiger partial charge on any atom is 0.417 e. The Bertz CT molecular complexity index is 1160. The van der Waals surface area contributed by atoms with E-state index in [-0.39, 0.29) is 18.7 Å². The van der Waals surface area contributed by atoms with Crippen molar-refractivity contribution in [1.82, 2.24) is 9.78 Å². The van der Waals surface area contributed by atoms with Gasteiger partial charge in [-0.2, -0.15) is 18.3 Å². The number of hydrogen-bond donors (Lipinski definition) is 1. The molecule has 7 nitrogen and oxygen atoms in total. The fraction of sp³-hybridized carbons (Fsp3) is 0.500. The number of sulfone groups is 1. The van der Waals surface area contributed by atoms with Crippen molar-refractivity contribution in [3.8, 4) is 0 Å². The molecule has 1 aliphatic carbocycles. The lowest BCUT2D eigenvalue weighted by atomic mass is 9.93. The fourth-order valence-electron chi connectivity index (χ4n) is 4.28. The summed E-state index contributed by atoms with van der Waals surface area (Å²) in [5.74, 6) is -2.06. The average molecular weight is 475 g/mol. The summed E-state index contributed by atoms with van der Waals surface area (Å²) in [6, 6.07) is 1.86. The van der Waals surface area contributed by atoms with Gasteiger partial charge in [-0.05, 0) is 50.8 Å². The highest BCUT2D eigenvalue weighted by Gasteiger charge is 2.47. The third-order valence-corrected chi connectivity index (χ3v) is 8.28. The van der Waals surface area contributed by atoms with Crippen LogP contribution in [0.15, 0.2) is 29.2 Å². The van der Waals surface area contributed by atoms with Crippen molar-refractivity contribution < 1.29 is 35.9 Å². The van der Waals surface area contributed by atoms with Crippen LogP contribution in [0.2, 0.25) is 0 Å². The highest BCUT2D eigenvalue weighted by molar-refractivity contribution is 7.92. The summed E-state index contributed by atoms with van der Waals surface area (Å²) in [5.41, 5.74) is -0.974. The highest BCUT2D eigenvalue weighted by atomic mass is 32.2. The molecule has 0 amide bonds. The van der Waals surface area contributed by atoms with Crippen molar-refractivity contribution >= 4 is 21.6 Å². The maximum atomic E-state index is 13.5. The molecular formula is C20H21F4N3O4S. The number of aryl methyl sites for hydroxylation is 1. The van der Waals surface area contributed by atoms with Crippen LogP contribution in [0.3, 0.4) is 0 Å². The smallest absolute Gasteiger partial charge is 0.417 e. The minimum absolute atomic E-state index is 0.0673. The van der Waals surface area contributed by atoms with E-state index in [4.69, 9.17) is 0 Å². The Morgan fingerprint density at radius 2 is 1.91 bits per heavy atom. The van der Waals surface area contributed by atoms with E-state index in [9.17, 15) is 35.9 Å². The molecule has 1 aromatic carbocycles. The van der Waals surface area contributed by atoms with Gasteiger partial charge in [-0.1, -0.05) is 0 Å². The van der Waals surface area contributed by atoms with E-state index in [1.165, 1.54) is 4.90 Å². The Kier molecular flexibility index (Phi) is 5.46. The zero-order chi connectivity index (χ0) is 23.4. The number of aromatic nitrogens is 2. The number of aliphatic carboxylic acids is 1. The van der Waals surface area contributed by atoms with Gasteiger partial charge in [0.25, 0.3) is 0 Å². The van der Waals surface area contributed by atoms with Crippen LogP contribution in [-0.2, 0) is 20.8 Å². The first-order valence-corrected chi connectivity index (χ1v) is 11.6. The predicted octanol–water partition coefficient (Wildman–Crippen LogP) is 3.58. The van der Waals surface area contributed by atoms with Crippen LogP contribution in [0.4, 0.5) is 23.4 Å². The third-order valence-electron chi connectivity index (χ3n) is 6.09. The van der Waals surface area contributed by atoms with Crippen molar-refractivity contribution in [2.45, 2.75) is 61.0 Å². The van der Waals surface area contributed by atoms with Gasteiger partial charge in [0.05, 0.1) is 27.4 Å². The summed E-state index contributed by atoms with van der Waals surface area (Å²) in [6.45, 7) is 1.42. The molecule has 4 rings (SSSR count). The topological polar surface area (TPSA) is 92.5 Å². The van der Waals surface area contributed by atoms with Crippen LogP contribution in [0.5, 0.6) is 0 Å². The molecule has 0 radical (unpaired) electrons. The Balaban J connectivity index is 1.74. The number of carboxylic acids is 1. The van der Waals surface area contributed by atoms with Gasteiger partial charge in [-0.3, -0.25) is 0 Å². The minimum atomic E-state index is -5.09. The normalized spacial score (nSPS) is 22.2. The standard InChI is InChI=1S/C20H21F4N3O4S/c1-11-7-18(27(25-11)13-3-2-4-13)26-10-14(9-16(26)19(28)29)32(30,31)17-6-5-12(21)8-15(17)20(22,23)24/h5-8,13-14,16H,2-4,9-10H2,1H3,(H,28,29). The molecule has 174 valence electrons. The summed E-state index contributed by atoms with van der Waals surface area (Å²) in [4.78, 5) is 12.3. The molecule has 0 spiro atoms. The van der Waals surface area contributed by atoms with Gasteiger partial charge in [0, 0.05) is 12.6 Å². The zero-order valence-corrected chi connectivity index (χ0v) is 17.8. The Hall–Kier alpha value is -2.63. The summed E-state index contributed by atoms with van der Waals surface area (Å²) >= 11 is 0. The van der Waals surface area contributed by atoms with Gasteiger partial charge in [-0.15, -0.1) is 0 Å². The second-order valence-electron chi connectivity index (χ2n) is 8.22. The lowest BCUT2D eigenvalue weighted by molar-refractivity contribution is -0.140. The molecule has 1 N–H and O–H groups in total. The number of carbonyl (C=O) groups is 1. The molecule has 2 aromatic rings. The molecule has 1 saturated heterocycles. The Labute approximate surface area is 181 Å². The molecule has 12 heteroatoms. The summed E-state index contributed by atoms with van der Waals surface area (Å²) < 4.78 is 81.8. The van der Waals surface area contributed by atoms with Crippen molar-refractivity contribution in [3.05, 3.63) is 41.3 Å². The number of anilines is 1. The minimum Gasteiger partial charge on any atom is -0.480 e. The van der Waals surface area contributed by atoms with Crippen LogP contribution in [0, 0.1) is 12.7 Å². The quantitative estimate of drug-likeness (QED) is 0.525. The van der Waals surface area contributed by atoms with Crippen LogP contribution < -0.4 is 4.90 Å². The van der Waals surface area contributed by atoms with E-state index in [1.54, 1.807) is 17.7 Å². The molecule has 1 aliphatic heterocycles. The molecule has 2 atom stereocenters. The second-order valence-corrected chi connectivity index (χ2v) is 10.4. The van der Waals surface area contributed by atoms with E-state index >= 15 is 0 Å². The van der Waals surface area contributed by atoms with E-state index in [1.807, 2.05) is 0 Å². The number of benzene rings is 1.